The summed E-state index contributed by atoms with van der Waals surface area (Å²) in [5, 5.41) is 8.84. The van der Waals surface area contributed by atoms with Gasteiger partial charge in [0, 0.05) is 11.9 Å². The summed E-state index contributed by atoms with van der Waals surface area (Å²) in [6, 6.07) is 1.09. The van der Waals surface area contributed by atoms with Gasteiger partial charge in [-0.15, -0.1) is 11.3 Å². The van der Waals surface area contributed by atoms with E-state index in [0.29, 0.717) is 4.88 Å². The summed E-state index contributed by atoms with van der Waals surface area (Å²) in [6.07, 6.45) is 0. The average Bonchev–Trinajstić information content (AvgIpc) is 2.71. The zero-order chi connectivity index (χ0) is 14.8. The smallest absolute Gasteiger partial charge is 0.345 e. The predicted octanol–water partition coefficient (Wildman–Crippen LogP) is 0.548. The van der Waals surface area contributed by atoms with Crippen LogP contribution in [0.15, 0.2) is 11.0 Å². The van der Waals surface area contributed by atoms with Gasteiger partial charge in [-0.3, -0.25) is 4.79 Å². The fraction of sp³-hybridized carbons (Fsp3) is 0.400. The highest BCUT2D eigenvalue weighted by Gasteiger charge is 2.27. The van der Waals surface area contributed by atoms with E-state index in [1.807, 2.05) is 0 Å². The summed E-state index contributed by atoms with van der Waals surface area (Å²) < 4.78 is 29.6. The van der Waals surface area contributed by atoms with E-state index in [-0.39, 0.29) is 9.77 Å². The fourth-order valence-corrected chi connectivity index (χ4v) is 3.84. The Morgan fingerprint density at radius 3 is 2.47 bits per heavy atom. The number of aryl methyl sites for hydroxylation is 1. The van der Waals surface area contributed by atoms with Crippen LogP contribution in [0.3, 0.4) is 0 Å². The molecule has 0 fully saturated rings. The SMILES string of the molecule is COC(=O)CN(C)S(=O)(=O)c1cc(C(=O)O)sc1C. The summed E-state index contributed by atoms with van der Waals surface area (Å²) in [6.45, 7) is 1.08. The summed E-state index contributed by atoms with van der Waals surface area (Å²) in [5.41, 5.74) is 0. The van der Waals surface area contributed by atoms with E-state index in [9.17, 15) is 18.0 Å². The lowest BCUT2D eigenvalue weighted by Gasteiger charge is -2.15. The Balaban J connectivity index is 3.13. The lowest BCUT2D eigenvalue weighted by molar-refractivity contribution is -0.140. The van der Waals surface area contributed by atoms with E-state index in [1.54, 1.807) is 0 Å². The largest absolute Gasteiger partial charge is 0.477 e. The molecule has 0 saturated heterocycles. The van der Waals surface area contributed by atoms with Crippen molar-refractivity contribution in [3.05, 3.63) is 15.8 Å². The van der Waals surface area contributed by atoms with Gasteiger partial charge in [-0.2, -0.15) is 4.31 Å². The Labute approximate surface area is 114 Å². The van der Waals surface area contributed by atoms with Crippen LogP contribution in [0.25, 0.3) is 0 Å². The maximum absolute atomic E-state index is 12.2. The van der Waals surface area contributed by atoms with E-state index >= 15 is 0 Å². The fourth-order valence-electron chi connectivity index (χ4n) is 1.33. The molecule has 1 N–H and O–H groups in total. The van der Waals surface area contributed by atoms with E-state index in [0.717, 1.165) is 28.8 Å². The molecular formula is C10H13NO6S2. The summed E-state index contributed by atoms with van der Waals surface area (Å²) >= 11 is 0.870. The third kappa shape index (κ3) is 3.31. The summed E-state index contributed by atoms with van der Waals surface area (Å²) in [5.74, 6) is -1.89. The number of carbonyl (C=O) groups is 2. The van der Waals surface area contributed by atoms with E-state index in [2.05, 4.69) is 4.74 Å². The Morgan fingerprint density at radius 1 is 1.47 bits per heavy atom. The molecule has 9 heteroatoms. The van der Waals surface area contributed by atoms with E-state index in [4.69, 9.17) is 5.11 Å². The van der Waals surface area contributed by atoms with Gasteiger partial charge in [0.2, 0.25) is 10.0 Å². The molecule has 0 radical (unpaired) electrons. The molecule has 1 rings (SSSR count). The number of ether oxygens (including phenoxy) is 1. The highest BCUT2D eigenvalue weighted by Crippen LogP contribution is 2.27. The number of esters is 1. The number of nitrogens with zero attached hydrogens (tertiary/aromatic N) is 1. The number of thiophene rings is 1. The normalized spacial score (nSPS) is 11.6. The van der Waals surface area contributed by atoms with Gasteiger partial charge >= 0.3 is 11.9 Å². The van der Waals surface area contributed by atoms with Crippen LogP contribution in [-0.2, 0) is 19.6 Å². The van der Waals surface area contributed by atoms with Crippen molar-refractivity contribution >= 4 is 33.3 Å². The van der Waals surface area contributed by atoms with Crippen LogP contribution in [0, 0.1) is 6.92 Å². The van der Waals surface area contributed by atoms with Crippen molar-refractivity contribution in [1.82, 2.24) is 4.31 Å². The molecule has 0 aliphatic rings. The van der Waals surface area contributed by atoms with E-state index < -0.39 is 28.5 Å². The van der Waals surface area contributed by atoms with Crippen LogP contribution in [0.5, 0.6) is 0 Å². The second-order valence-electron chi connectivity index (χ2n) is 3.67. The standard InChI is InChI=1S/C10H13NO6S2/c1-6-8(4-7(18-6)10(13)14)19(15,16)11(2)5-9(12)17-3/h4H,5H2,1-3H3,(H,13,14). The molecule has 0 amide bonds. The molecule has 0 saturated carbocycles. The van der Waals surface area contributed by atoms with Crippen molar-refractivity contribution in [3.8, 4) is 0 Å². The topological polar surface area (TPSA) is 101 Å². The zero-order valence-electron chi connectivity index (χ0n) is 10.5. The van der Waals surface area contributed by atoms with Crippen molar-refractivity contribution < 1.29 is 27.9 Å². The third-order valence-electron chi connectivity index (χ3n) is 2.35. The van der Waals surface area contributed by atoms with Crippen LogP contribution >= 0.6 is 11.3 Å². The van der Waals surface area contributed by atoms with Crippen LogP contribution in [0.2, 0.25) is 0 Å². The molecule has 7 nitrogen and oxygen atoms in total. The molecule has 0 unspecified atom stereocenters. The van der Waals surface area contributed by atoms with Gasteiger partial charge in [-0.1, -0.05) is 0 Å². The first-order valence-corrected chi connectivity index (χ1v) is 7.32. The minimum absolute atomic E-state index is 0.0671. The van der Waals surface area contributed by atoms with Gasteiger partial charge in [0.1, 0.15) is 11.4 Å². The maximum atomic E-state index is 12.2. The van der Waals surface area contributed by atoms with Crippen molar-refractivity contribution in [2.45, 2.75) is 11.8 Å². The molecule has 1 aromatic heterocycles. The highest BCUT2D eigenvalue weighted by atomic mass is 32.2. The number of carbonyl (C=O) groups excluding carboxylic acids is 1. The minimum atomic E-state index is -3.91. The van der Waals surface area contributed by atoms with Crippen molar-refractivity contribution in [2.24, 2.45) is 0 Å². The number of aromatic carboxylic acids is 1. The lowest BCUT2D eigenvalue weighted by Crippen LogP contribution is -2.32. The van der Waals surface area contributed by atoms with Gasteiger partial charge in [0.25, 0.3) is 0 Å². The summed E-state index contributed by atoms with van der Waals surface area (Å²) in [4.78, 5) is 22.1. The second-order valence-corrected chi connectivity index (χ2v) is 6.94. The highest BCUT2D eigenvalue weighted by molar-refractivity contribution is 7.89. The molecule has 0 aliphatic heterocycles. The minimum Gasteiger partial charge on any atom is -0.477 e. The van der Waals surface area contributed by atoms with Crippen LogP contribution in [-0.4, -0.2) is 50.5 Å². The Morgan fingerprint density at radius 2 is 2.05 bits per heavy atom. The number of likely N-dealkylation sites (N-methyl/N-ethyl adjacent to an activating group) is 1. The molecule has 1 aromatic rings. The number of methoxy groups -OCH3 is 1. The molecule has 106 valence electrons. The van der Waals surface area contributed by atoms with Crippen LogP contribution in [0.1, 0.15) is 14.5 Å². The Hall–Kier alpha value is -1.45. The predicted molar refractivity (Wildman–Crippen MR) is 67.8 cm³/mol. The first-order valence-electron chi connectivity index (χ1n) is 5.07. The van der Waals surface area contributed by atoms with Crippen LogP contribution < -0.4 is 0 Å². The molecule has 0 bridgehead atoms. The molecule has 0 aliphatic carbocycles. The van der Waals surface area contributed by atoms with Crippen molar-refractivity contribution in [1.29, 1.82) is 0 Å². The quantitative estimate of drug-likeness (QED) is 0.797. The van der Waals surface area contributed by atoms with Gasteiger partial charge in [0.15, 0.2) is 0 Å². The molecule has 0 atom stereocenters. The second kappa shape index (κ2) is 5.68. The number of hydrogen-bond acceptors (Lipinski definition) is 6. The van der Waals surface area contributed by atoms with Gasteiger partial charge in [-0.05, 0) is 13.0 Å². The average molecular weight is 307 g/mol. The molecular weight excluding hydrogens is 294 g/mol. The van der Waals surface area contributed by atoms with Gasteiger partial charge in [-0.25, -0.2) is 13.2 Å². The first-order chi connectivity index (χ1) is 8.70. The summed E-state index contributed by atoms with van der Waals surface area (Å²) in [7, 11) is -1.53. The van der Waals surface area contributed by atoms with Gasteiger partial charge < -0.3 is 9.84 Å². The first kappa shape index (κ1) is 15.6. The molecule has 19 heavy (non-hydrogen) atoms. The van der Waals surface area contributed by atoms with E-state index in [1.165, 1.54) is 14.0 Å². The molecule has 0 spiro atoms. The monoisotopic (exact) mass is 307 g/mol. The Bertz CT molecular complexity index is 604. The maximum Gasteiger partial charge on any atom is 0.345 e. The zero-order valence-corrected chi connectivity index (χ0v) is 12.2. The van der Waals surface area contributed by atoms with Crippen molar-refractivity contribution in [2.75, 3.05) is 20.7 Å². The lowest BCUT2D eigenvalue weighted by atomic mass is 10.4. The number of rotatable bonds is 5. The van der Waals surface area contributed by atoms with Crippen molar-refractivity contribution in [3.63, 3.8) is 0 Å². The molecule has 1 heterocycles. The number of carboxylic acid groups (broad SMARTS) is 1. The third-order valence-corrected chi connectivity index (χ3v) is 5.45. The van der Waals surface area contributed by atoms with Crippen LogP contribution in [0.4, 0.5) is 0 Å². The number of carboxylic acids is 1. The van der Waals surface area contributed by atoms with Gasteiger partial charge in [0.05, 0.1) is 12.0 Å². The number of hydrogen-bond donors (Lipinski definition) is 1. The Kier molecular flexibility index (Phi) is 4.66. The number of sulfonamides is 1. The molecule has 0 aromatic carbocycles.